The Morgan fingerprint density at radius 2 is 1.96 bits per heavy atom. The van der Waals surface area contributed by atoms with Gasteiger partial charge in [0.2, 0.25) is 0 Å². The van der Waals surface area contributed by atoms with Crippen molar-refractivity contribution in [3.8, 4) is 0 Å². The number of hydrogen-bond donors (Lipinski definition) is 2. The second-order valence-electron chi connectivity index (χ2n) is 5.88. The summed E-state index contributed by atoms with van der Waals surface area (Å²) in [6.45, 7) is 5.52. The maximum atomic E-state index is 12.2. The first-order valence-corrected chi connectivity index (χ1v) is 7.53. The molecule has 0 saturated carbocycles. The lowest BCUT2D eigenvalue weighted by Gasteiger charge is -2.22. The number of para-hydroxylation sites is 1. The molecule has 2 rings (SSSR count). The van der Waals surface area contributed by atoms with E-state index in [1.54, 1.807) is 14.0 Å². The molecule has 0 spiro atoms. The van der Waals surface area contributed by atoms with Crippen molar-refractivity contribution in [3.63, 3.8) is 0 Å². The van der Waals surface area contributed by atoms with Crippen LogP contribution in [0.1, 0.15) is 31.2 Å². The van der Waals surface area contributed by atoms with Crippen molar-refractivity contribution >= 4 is 23.0 Å². The largest absolute Gasteiger partial charge is 0.481 e. The Morgan fingerprint density at radius 1 is 1.30 bits per heavy atom. The molecule has 2 atom stereocenters. The molecule has 2 amide bonds. The highest BCUT2D eigenvalue weighted by atomic mass is 16.4. The van der Waals surface area contributed by atoms with Gasteiger partial charge >= 0.3 is 12.0 Å². The standard InChI is InChI=1S/C17H22N2O4/c1-10(16(20)21)9-19(4)17(22)18-12(3)15-11(2)13-7-5-6-8-14(13)23-15/h5-8,10,12H,9H2,1-4H3,(H,18,22)(H,20,21)/t10?,12-/m0/s1. The molecule has 23 heavy (non-hydrogen) atoms. The van der Waals surface area contributed by atoms with Crippen LogP contribution in [-0.4, -0.2) is 35.6 Å². The highest BCUT2D eigenvalue weighted by molar-refractivity contribution is 5.82. The Labute approximate surface area is 135 Å². The number of benzene rings is 1. The van der Waals surface area contributed by atoms with E-state index in [4.69, 9.17) is 9.52 Å². The van der Waals surface area contributed by atoms with Gasteiger partial charge in [-0.3, -0.25) is 4.79 Å². The van der Waals surface area contributed by atoms with Crippen LogP contribution in [0, 0.1) is 12.8 Å². The van der Waals surface area contributed by atoms with Crippen molar-refractivity contribution < 1.29 is 19.1 Å². The number of nitrogens with one attached hydrogen (secondary N) is 1. The summed E-state index contributed by atoms with van der Waals surface area (Å²) in [6, 6.07) is 7.08. The number of rotatable bonds is 5. The number of fused-ring (bicyclic) bond motifs is 1. The van der Waals surface area contributed by atoms with Gasteiger partial charge in [0.1, 0.15) is 11.3 Å². The first-order chi connectivity index (χ1) is 10.8. The van der Waals surface area contributed by atoms with E-state index in [1.807, 2.05) is 38.1 Å². The smallest absolute Gasteiger partial charge is 0.317 e. The zero-order chi connectivity index (χ0) is 17.1. The molecule has 1 heterocycles. The van der Waals surface area contributed by atoms with Gasteiger partial charge in [0.05, 0.1) is 12.0 Å². The molecule has 124 valence electrons. The molecule has 1 unspecified atom stereocenters. The van der Waals surface area contributed by atoms with Crippen LogP contribution in [0.2, 0.25) is 0 Å². The number of carbonyl (C=O) groups excluding carboxylic acids is 1. The third-order valence-electron chi connectivity index (χ3n) is 3.93. The number of carboxylic acids is 1. The minimum absolute atomic E-state index is 0.146. The topological polar surface area (TPSA) is 82.8 Å². The Hall–Kier alpha value is -2.50. The minimum atomic E-state index is -0.925. The van der Waals surface area contributed by atoms with Crippen LogP contribution in [0.15, 0.2) is 28.7 Å². The van der Waals surface area contributed by atoms with Crippen molar-refractivity contribution in [2.24, 2.45) is 5.92 Å². The molecule has 0 fully saturated rings. The lowest BCUT2D eigenvalue weighted by molar-refractivity contribution is -0.141. The molecule has 0 radical (unpaired) electrons. The zero-order valence-corrected chi connectivity index (χ0v) is 13.8. The van der Waals surface area contributed by atoms with Gasteiger partial charge in [-0.25, -0.2) is 4.79 Å². The third kappa shape index (κ3) is 3.64. The molecule has 6 nitrogen and oxygen atoms in total. The Bertz CT molecular complexity index is 722. The number of amides is 2. The van der Waals surface area contributed by atoms with Crippen LogP contribution in [0.3, 0.4) is 0 Å². The summed E-state index contributed by atoms with van der Waals surface area (Å²) < 4.78 is 5.83. The zero-order valence-electron chi connectivity index (χ0n) is 13.8. The van der Waals surface area contributed by atoms with Gasteiger partial charge in [-0.1, -0.05) is 25.1 Å². The molecule has 0 bridgehead atoms. The molecule has 1 aromatic carbocycles. The average Bonchev–Trinajstić information content (AvgIpc) is 2.84. The van der Waals surface area contributed by atoms with Gasteiger partial charge in [0, 0.05) is 24.5 Å². The van der Waals surface area contributed by atoms with Crippen LogP contribution in [0.4, 0.5) is 4.79 Å². The first-order valence-electron chi connectivity index (χ1n) is 7.53. The fraction of sp³-hybridized carbons (Fsp3) is 0.412. The van der Waals surface area contributed by atoms with Crippen LogP contribution in [0.5, 0.6) is 0 Å². The van der Waals surface area contributed by atoms with Crippen LogP contribution in [0.25, 0.3) is 11.0 Å². The molecular weight excluding hydrogens is 296 g/mol. The number of nitrogens with zero attached hydrogens (tertiary/aromatic N) is 1. The van der Waals surface area contributed by atoms with Crippen LogP contribution < -0.4 is 5.32 Å². The number of aryl methyl sites for hydroxylation is 1. The molecule has 2 aromatic rings. The van der Waals surface area contributed by atoms with Crippen molar-refractivity contribution in [1.82, 2.24) is 10.2 Å². The summed E-state index contributed by atoms with van der Waals surface area (Å²) in [5.74, 6) is -0.834. The highest BCUT2D eigenvalue weighted by Crippen LogP contribution is 2.29. The van der Waals surface area contributed by atoms with Crippen molar-refractivity contribution in [2.45, 2.75) is 26.8 Å². The second kappa shape index (κ2) is 6.73. The van der Waals surface area contributed by atoms with Crippen LogP contribution >= 0.6 is 0 Å². The predicted molar refractivity (Wildman–Crippen MR) is 87.3 cm³/mol. The Morgan fingerprint density at radius 3 is 2.57 bits per heavy atom. The van der Waals surface area contributed by atoms with Gasteiger partial charge in [-0.05, 0) is 19.9 Å². The summed E-state index contributed by atoms with van der Waals surface area (Å²) in [6.07, 6.45) is 0. The molecule has 2 N–H and O–H groups in total. The van der Waals surface area contributed by atoms with E-state index < -0.39 is 11.9 Å². The number of hydrogen-bond acceptors (Lipinski definition) is 3. The third-order valence-corrected chi connectivity index (χ3v) is 3.93. The normalized spacial score (nSPS) is 13.6. The molecule has 1 aromatic heterocycles. The van der Waals surface area contributed by atoms with E-state index >= 15 is 0 Å². The van der Waals surface area contributed by atoms with Crippen molar-refractivity contribution in [3.05, 3.63) is 35.6 Å². The Balaban J connectivity index is 2.08. The fourth-order valence-electron chi connectivity index (χ4n) is 2.54. The van der Waals surface area contributed by atoms with E-state index in [2.05, 4.69) is 5.32 Å². The van der Waals surface area contributed by atoms with E-state index in [9.17, 15) is 9.59 Å². The van der Waals surface area contributed by atoms with Crippen molar-refractivity contribution in [2.75, 3.05) is 13.6 Å². The van der Waals surface area contributed by atoms with Gasteiger partial charge in [-0.15, -0.1) is 0 Å². The van der Waals surface area contributed by atoms with Gasteiger partial charge in [-0.2, -0.15) is 0 Å². The summed E-state index contributed by atoms with van der Waals surface area (Å²) in [5.41, 5.74) is 1.78. The lowest BCUT2D eigenvalue weighted by Crippen LogP contribution is -2.41. The molecule has 0 aliphatic rings. The number of furan rings is 1. The fourth-order valence-corrected chi connectivity index (χ4v) is 2.54. The maximum Gasteiger partial charge on any atom is 0.317 e. The SMILES string of the molecule is Cc1c([C@H](C)NC(=O)N(C)CC(C)C(=O)O)oc2ccccc12. The maximum absolute atomic E-state index is 12.2. The van der Waals surface area contributed by atoms with Gasteiger partial charge in [0.25, 0.3) is 0 Å². The van der Waals surface area contributed by atoms with E-state index in [0.29, 0.717) is 5.76 Å². The monoisotopic (exact) mass is 318 g/mol. The van der Waals surface area contributed by atoms with E-state index in [-0.39, 0.29) is 18.6 Å². The predicted octanol–water partition coefficient (Wildman–Crippen LogP) is 3.16. The first kappa shape index (κ1) is 16.9. The summed E-state index contributed by atoms with van der Waals surface area (Å²) in [4.78, 5) is 24.4. The number of aliphatic carboxylic acids is 1. The quantitative estimate of drug-likeness (QED) is 0.887. The number of urea groups is 1. The second-order valence-corrected chi connectivity index (χ2v) is 5.88. The van der Waals surface area contributed by atoms with Gasteiger partial charge in [0.15, 0.2) is 0 Å². The summed E-state index contributed by atoms with van der Waals surface area (Å²) in [7, 11) is 1.58. The lowest BCUT2D eigenvalue weighted by atomic mass is 10.1. The average molecular weight is 318 g/mol. The minimum Gasteiger partial charge on any atom is -0.481 e. The molecule has 0 saturated heterocycles. The molecule has 0 aliphatic heterocycles. The molecule has 0 aliphatic carbocycles. The highest BCUT2D eigenvalue weighted by Gasteiger charge is 2.22. The Kier molecular flexibility index (Phi) is 4.93. The van der Waals surface area contributed by atoms with Crippen LogP contribution in [-0.2, 0) is 4.79 Å². The number of carbonyl (C=O) groups is 2. The summed E-state index contributed by atoms with van der Waals surface area (Å²) in [5, 5.41) is 12.8. The number of carboxylic acid groups (broad SMARTS) is 1. The molecule has 6 heteroatoms. The van der Waals surface area contributed by atoms with E-state index in [0.717, 1.165) is 16.5 Å². The summed E-state index contributed by atoms with van der Waals surface area (Å²) >= 11 is 0. The van der Waals surface area contributed by atoms with Crippen molar-refractivity contribution in [1.29, 1.82) is 0 Å². The van der Waals surface area contributed by atoms with E-state index in [1.165, 1.54) is 4.90 Å². The van der Waals surface area contributed by atoms with Gasteiger partial charge < -0.3 is 19.7 Å². The molecular formula is C17H22N2O4.